The summed E-state index contributed by atoms with van der Waals surface area (Å²) in [7, 11) is 1.73. The van der Waals surface area contributed by atoms with Crippen molar-refractivity contribution >= 4 is 6.21 Å². The molecule has 0 aliphatic heterocycles. The molecule has 0 unspecified atom stereocenters. The first kappa shape index (κ1) is 11.2. The van der Waals surface area contributed by atoms with Crippen LogP contribution < -0.4 is 11.1 Å². The van der Waals surface area contributed by atoms with Gasteiger partial charge in [-0.15, -0.1) is 0 Å². The molecule has 0 bridgehead atoms. The summed E-state index contributed by atoms with van der Waals surface area (Å²) in [6, 6.07) is 0. The van der Waals surface area contributed by atoms with E-state index in [2.05, 4.69) is 23.5 Å². The number of aliphatic imine (C=N–C) groups is 1. The molecular weight excluding hydrogens is 162 g/mol. The van der Waals surface area contributed by atoms with Gasteiger partial charge in [-0.2, -0.15) is 0 Å². The highest BCUT2D eigenvalue weighted by Gasteiger charge is 1.81. The summed E-state index contributed by atoms with van der Waals surface area (Å²) in [5.41, 5.74) is 6.33. The van der Waals surface area contributed by atoms with Crippen LogP contribution in [-0.4, -0.2) is 13.3 Å². The van der Waals surface area contributed by atoms with Gasteiger partial charge in [0.15, 0.2) is 0 Å². The third-order valence-electron chi connectivity index (χ3n) is 1.27. The summed E-state index contributed by atoms with van der Waals surface area (Å²) in [5, 5.41) is 2.75. The molecule has 0 fully saturated rings. The third kappa shape index (κ3) is 5.49. The maximum Gasteiger partial charge on any atom is 0.115 e. The van der Waals surface area contributed by atoms with E-state index in [1.165, 1.54) is 6.20 Å². The molecule has 0 aliphatic rings. The molecule has 0 rings (SSSR count). The fourth-order valence-corrected chi connectivity index (χ4v) is 0.568. The first-order valence-corrected chi connectivity index (χ1v) is 3.86. The lowest BCUT2D eigenvalue weighted by Gasteiger charge is -1.94. The van der Waals surface area contributed by atoms with Gasteiger partial charge in [-0.05, 0) is 5.57 Å². The number of allylic oxidation sites excluding steroid dienone is 4. The van der Waals surface area contributed by atoms with Gasteiger partial charge in [0, 0.05) is 13.3 Å². The van der Waals surface area contributed by atoms with E-state index in [1.807, 2.05) is 0 Å². The molecule has 0 saturated carbocycles. The van der Waals surface area contributed by atoms with Crippen molar-refractivity contribution in [2.75, 3.05) is 7.05 Å². The van der Waals surface area contributed by atoms with Crippen molar-refractivity contribution in [1.29, 1.82) is 0 Å². The van der Waals surface area contributed by atoms with Gasteiger partial charge in [0.2, 0.25) is 0 Å². The highest BCUT2D eigenvalue weighted by molar-refractivity contribution is 5.82. The van der Waals surface area contributed by atoms with E-state index in [0.29, 0.717) is 5.82 Å². The Kier molecular flexibility index (Phi) is 5.97. The molecule has 3 N–H and O–H groups in total. The van der Waals surface area contributed by atoms with Crippen LogP contribution in [-0.2, 0) is 0 Å². The highest BCUT2D eigenvalue weighted by atomic mass is 15.0. The predicted molar refractivity (Wildman–Crippen MR) is 58.3 cm³/mol. The zero-order valence-corrected chi connectivity index (χ0v) is 7.83. The molecule has 0 aromatic rings. The number of nitrogens with one attached hydrogen (secondary N) is 1. The van der Waals surface area contributed by atoms with Crippen molar-refractivity contribution in [3.05, 3.63) is 49.0 Å². The number of hydrogen-bond donors (Lipinski definition) is 2. The van der Waals surface area contributed by atoms with Crippen LogP contribution in [0, 0.1) is 0 Å². The molecule has 0 aromatic carbocycles. The van der Waals surface area contributed by atoms with Gasteiger partial charge < -0.3 is 11.1 Å². The Morgan fingerprint density at radius 3 is 2.62 bits per heavy atom. The smallest absolute Gasteiger partial charge is 0.115 e. The molecule has 0 heterocycles. The van der Waals surface area contributed by atoms with Crippen LogP contribution >= 0.6 is 0 Å². The largest absolute Gasteiger partial charge is 0.384 e. The second-order valence-electron chi connectivity index (χ2n) is 2.22. The molecule has 0 spiro atoms. The number of rotatable bonds is 5. The van der Waals surface area contributed by atoms with Crippen LogP contribution in [0.5, 0.6) is 0 Å². The Labute approximate surface area is 79.1 Å². The maximum atomic E-state index is 5.45. The van der Waals surface area contributed by atoms with E-state index in [9.17, 15) is 0 Å². The summed E-state index contributed by atoms with van der Waals surface area (Å²) in [6.45, 7) is 7.19. The Hall–Kier alpha value is -1.77. The molecule has 3 heteroatoms. The summed E-state index contributed by atoms with van der Waals surface area (Å²) in [5.74, 6) is 0.512. The Morgan fingerprint density at radius 2 is 2.15 bits per heavy atom. The van der Waals surface area contributed by atoms with Crippen LogP contribution in [0.1, 0.15) is 0 Å². The molecule has 0 amide bonds. The first-order valence-electron chi connectivity index (χ1n) is 3.86. The fraction of sp³-hybridized carbons (Fsp3) is 0.100. The van der Waals surface area contributed by atoms with Gasteiger partial charge in [-0.25, -0.2) is 0 Å². The molecule has 3 nitrogen and oxygen atoms in total. The van der Waals surface area contributed by atoms with E-state index < -0.39 is 0 Å². The average Bonchev–Trinajstić information content (AvgIpc) is 2.16. The van der Waals surface area contributed by atoms with Crippen molar-refractivity contribution in [3.63, 3.8) is 0 Å². The van der Waals surface area contributed by atoms with Crippen molar-refractivity contribution < 1.29 is 0 Å². The molecule has 0 aliphatic carbocycles. The minimum Gasteiger partial charge on any atom is -0.384 e. The quantitative estimate of drug-likeness (QED) is 0.491. The lowest BCUT2D eigenvalue weighted by atomic mass is 10.2. The molecular formula is C10H15N3. The van der Waals surface area contributed by atoms with Gasteiger partial charge in [0.25, 0.3) is 0 Å². The van der Waals surface area contributed by atoms with E-state index in [-0.39, 0.29) is 0 Å². The second-order valence-corrected chi connectivity index (χ2v) is 2.22. The second kappa shape index (κ2) is 6.91. The zero-order valence-electron chi connectivity index (χ0n) is 7.83. The number of nitrogens with zero attached hydrogens (tertiary/aromatic N) is 1. The average molecular weight is 177 g/mol. The van der Waals surface area contributed by atoms with Crippen LogP contribution in [0.15, 0.2) is 54.0 Å². The van der Waals surface area contributed by atoms with Crippen LogP contribution in [0.25, 0.3) is 0 Å². The summed E-state index contributed by atoms with van der Waals surface area (Å²) < 4.78 is 0. The minimum absolute atomic E-state index is 0.512. The molecule has 0 atom stereocenters. The maximum absolute atomic E-state index is 5.45. The first-order chi connectivity index (χ1) is 6.24. The van der Waals surface area contributed by atoms with E-state index in [1.54, 1.807) is 31.5 Å². The predicted octanol–water partition coefficient (Wildman–Crippen LogP) is 1.33. The van der Waals surface area contributed by atoms with Crippen LogP contribution in [0.4, 0.5) is 0 Å². The van der Waals surface area contributed by atoms with E-state index in [4.69, 9.17) is 5.73 Å². The Balaban J connectivity index is 4.32. The number of nitrogens with two attached hydrogens (primary N) is 1. The number of hydrogen-bond acceptors (Lipinski definition) is 3. The van der Waals surface area contributed by atoms with Crippen molar-refractivity contribution in [2.45, 2.75) is 0 Å². The van der Waals surface area contributed by atoms with Gasteiger partial charge in [-0.3, -0.25) is 4.99 Å². The summed E-state index contributed by atoms with van der Waals surface area (Å²) >= 11 is 0. The van der Waals surface area contributed by atoms with Crippen molar-refractivity contribution in [3.8, 4) is 0 Å². The fourth-order valence-electron chi connectivity index (χ4n) is 0.568. The summed E-state index contributed by atoms with van der Waals surface area (Å²) in [6.07, 6.45) is 8.35. The van der Waals surface area contributed by atoms with Crippen LogP contribution in [0.2, 0.25) is 0 Å². The van der Waals surface area contributed by atoms with Crippen LogP contribution in [0.3, 0.4) is 0 Å². The molecule has 70 valence electrons. The lowest BCUT2D eigenvalue weighted by molar-refractivity contribution is 0.957. The normalized spacial score (nSPS) is 13.0. The lowest BCUT2D eigenvalue weighted by Crippen LogP contribution is -2.13. The molecule has 0 aromatic heterocycles. The Morgan fingerprint density at radius 1 is 1.46 bits per heavy atom. The standard InChI is InChI=1S/C10H15N3/c1-4-6-9(5-2)7-13-8-10(11)12-3/h4-8,12H,1-2,11H2,3H3/b9-6+,10-8-,13-7+. The minimum atomic E-state index is 0.512. The zero-order chi connectivity index (χ0) is 10.1. The monoisotopic (exact) mass is 177 g/mol. The van der Waals surface area contributed by atoms with E-state index >= 15 is 0 Å². The van der Waals surface area contributed by atoms with Gasteiger partial charge in [0.05, 0.1) is 6.20 Å². The molecule has 13 heavy (non-hydrogen) atoms. The summed E-state index contributed by atoms with van der Waals surface area (Å²) in [4.78, 5) is 3.97. The Bertz CT molecular complexity index is 259. The van der Waals surface area contributed by atoms with Crippen molar-refractivity contribution in [2.24, 2.45) is 10.7 Å². The highest BCUT2D eigenvalue weighted by Crippen LogP contribution is 1.92. The molecule has 0 radical (unpaired) electrons. The SMILES string of the molecule is C=C/C=C(C=C)/C=N/C=C(/N)NC. The third-order valence-corrected chi connectivity index (χ3v) is 1.27. The van der Waals surface area contributed by atoms with Gasteiger partial charge in [-0.1, -0.05) is 31.4 Å². The topological polar surface area (TPSA) is 50.4 Å². The van der Waals surface area contributed by atoms with Gasteiger partial charge in [0.1, 0.15) is 5.82 Å². The van der Waals surface area contributed by atoms with Gasteiger partial charge >= 0.3 is 0 Å². The van der Waals surface area contributed by atoms with Crippen molar-refractivity contribution in [1.82, 2.24) is 5.32 Å². The molecule has 0 saturated heterocycles. The van der Waals surface area contributed by atoms with E-state index in [0.717, 1.165) is 5.57 Å².